The minimum Gasteiger partial charge on any atom is -0.383 e. The van der Waals surface area contributed by atoms with Crippen LogP contribution in [0, 0.1) is 16.7 Å². The molecule has 0 saturated carbocycles. The number of hydrogen-bond acceptors (Lipinski definition) is 5. The van der Waals surface area contributed by atoms with Crippen LogP contribution >= 0.6 is 0 Å². The number of benzene rings is 1. The molecule has 8 nitrogen and oxygen atoms in total. The van der Waals surface area contributed by atoms with Crippen molar-refractivity contribution in [3.63, 3.8) is 0 Å². The number of likely N-dealkylation sites (N-methyl/N-ethyl adjacent to an activating group) is 1. The van der Waals surface area contributed by atoms with E-state index in [1.165, 1.54) is 13.1 Å². The molecule has 1 aromatic carbocycles. The van der Waals surface area contributed by atoms with Crippen molar-refractivity contribution in [3.8, 4) is 6.07 Å². The maximum absolute atomic E-state index is 13.5. The Balaban J connectivity index is 1.80. The van der Waals surface area contributed by atoms with E-state index in [1.807, 2.05) is 0 Å². The Morgan fingerprint density at radius 3 is 2.58 bits per heavy atom. The lowest BCUT2D eigenvalue weighted by Gasteiger charge is -2.39. The van der Waals surface area contributed by atoms with Gasteiger partial charge in [-0.05, 0) is 42.9 Å². The van der Waals surface area contributed by atoms with Crippen LogP contribution in [0.25, 0.3) is 0 Å². The van der Waals surface area contributed by atoms with Crippen molar-refractivity contribution in [1.82, 2.24) is 15.5 Å². The molecule has 2 aliphatic heterocycles. The predicted molar refractivity (Wildman–Crippen MR) is 114 cm³/mol. The molecule has 1 aromatic rings. The van der Waals surface area contributed by atoms with E-state index in [2.05, 4.69) is 10.6 Å². The van der Waals surface area contributed by atoms with Gasteiger partial charge in [0.15, 0.2) is 0 Å². The van der Waals surface area contributed by atoms with Crippen LogP contribution in [-0.4, -0.2) is 69.8 Å². The van der Waals surface area contributed by atoms with Crippen LogP contribution in [0.15, 0.2) is 18.2 Å². The zero-order chi connectivity index (χ0) is 24.2. The number of ether oxygens (including phenoxy) is 1. The number of amides is 3. The number of nitrogens with zero attached hydrogens (tertiary/aromatic N) is 3. The molecule has 2 heterocycles. The number of halogens is 3. The monoisotopic (exact) mass is 467 g/mol. The molecule has 2 N–H and O–H groups in total. The standard InChI is InChI=1S/C22H28F3N5O3/c1-27-19(31)18-12-21(5-8-29(9-6-21)20(32)28-7-10-33-2)14-30(18)16-4-3-15(13-26)17(11-16)22(23,24)25/h3-4,11,18H,5-10,12,14H2,1-2H3,(H,27,31)(H,28,32). The van der Waals surface area contributed by atoms with Gasteiger partial charge in [0, 0.05) is 46.0 Å². The van der Waals surface area contributed by atoms with Crippen LogP contribution in [0.2, 0.25) is 0 Å². The topological polar surface area (TPSA) is 97.7 Å². The van der Waals surface area contributed by atoms with E-state index in [0.717, 1.165) is 12.1 Å². The first-order chi connectivity index (χ1) is 15.6. The van der Waals surface area contributed by atoms with Crippen LogP contribution in [0.5, 0.6) is 0 Å². The molecule has 0 radical (unpaired) electrons. The quantitative estimate of drug-likeness (QED) is 0.648. The van der Waals surface area contributed by atoms with Gasteiger partial charge < -0.3 is 25.2 Å². The fraction of sp³-hybridized carbons (Fsp3) is 0.591. The highest BCUT2D eigenvalue weighted by molar-refractivity contribution is 5.86. The Hall–Kier alpha value is -3.00. The highest BCUT2D eigenvalue weighted by Crippen LogP contribution is 2.46. The predicted octanol–water partition coefficient (Wildman–Crippen LogP) is 2.34. The van der Waals surface area contributed by atoms with Gasteiger partial charge in [-0.15, -0.1) is 0 Å². The lowest BCUT2D eigenvalue weighted by molar-refractivity contribution is -0.137. The molecule has 0 aliphatic carbocycles. The summed E-state index contributed by atoms with van der Waals surface area (Å²) in [6, 6.07) is 4.33. The third-order valence-corrected chi connectivity index (χ3v) is 6.51. The minimum absolute atomic E-state index is 0.179. The number of urea groups is 1. The first-order valence-corrected chi connectivity index (χ1v) is 10.8. The van der Waals surface area contributed by atoms with Crippen molar-refractivity contribution in [2.45, 2.75) is 31.5 Å². The molecule has 3 rings (SSSR count). The van der Waals surface area contributed by atoms with Crippen molar-refractivity contribution in [3.05, 3.63) is 29.3 Å². The second-order valence-electron chi connectivity index (χ2n) is 8.51. The van der Waals surface area contributed by atoms with Gasteiger partial charge in [-0.3, -0.25) is 4.79 Å². The van der Waals surface area contributed by atoms with E-state index in [1.54, 1.807) is 23.0 Å². The summed E-state index contributed by atoms with van der Waals surface area (Å²) in [4.78, 5) is 28.4. The molecule has 2 saturated heterocycles. The second kappa shape index (κ2) is 9.87. The Morgan fingerprint density at radius 1 is 1.30 bits per heavy atom. The summed E-state index contributed by atoms with van der Waals surface area (Å²) in [6.07, 6.45) is -2.93. The molecule has 1 spiro atoms. The highest BCUT2D eigenvalue weighted by Gasteiger charge is 2.48. The smallest absolute Gasteiger partial charge is 0.383 e. The zero-order valence-electron chi connectivity index (χ0n) is 18.7. The van der Waals surface area contributed by atoms with Crippen LogP contribution < -0.4 is 15.5 Å². The van der Waals surface area contributed by atoms with Crippen molar-refractivity contribution in [2.75, 3.05) is 51.8 Å². The number of nitriles is 1. The number of carbonyl (C=O) groups is 2. The van der Waals surface area contributed by atoms with E-state index in [-0.39, 0.29) is 23.0 Å². The average molecular weight is 467 g/mol. The number of rotatable bonds is 5. The van der Waals surface area contributed by atoms with Gasteiger partial charge >= 0.3 is 12.2 Å². The van der Waals surface area contributed by atoms with Gasteiger partial charge in [-0.1, -0.05) is 0 Å². The highest BCUT2D eigenvalue weighted by atomic mass is 19.4. The Morgan fingerprint density at radius 2 is 2.00 bits per heavy atom. The SMILES string of the molecule is CNC(=O)C1CC2(CCN(C(=O)NCCOC)CC2)CN1c1ccc(C#N)c(C(F)(F)F)c1. The Kier molecular flexibility index (Phi) is 7.37. The number of alkyl halides is 3. The van der Waals surface area contributed by atoms with Crippen LogP contribution in [0.1, 0.15) is 30.4 Å². The molecular formula is C22H28F3N5O3. The normalized spacial score (nSPS) is 19.9. The van der Waals surface area contributed by atoms with Gasteiger partial charge in [0.1, 0.15) is 6.04 Å². The summed E-state index contributed by atoms with van der Waals surface area (Å²) in [5.74, 6) is -0.274. The number of hydrogen-bond donors (Lipinski definition) is 2. The largest absolute Gasteiger partial charge is 0.417 e. The third-order valence-electron chi connectivity index (χ3n) is 6.51. The molecular weight excluding hydrogens is 439 g/mol. The van der Waals surface area contributed by atoms with Gasteiger partial charge in [-0.2, -0.15) is 18.4 Å². The molecule has 180 valence electrons. The van der Waals surface area contributed by atoms with E-state index in [9.17, 15) is 22.8 Å². The summed E-state index contributed by atoms with van der Waals surface area (Å²) in [7, 11) is 3.05. The van der Waals surface area contributed by atoms with Crippen LogP contribution in [0.4, 0.5) is 23.7 Å². The molecule has 0 aromatic heterocycles. The summed E-state index contributed by atoms with van der Waals surface area (Å²) >= 11 is 0. The van der Waals surface area contributed by atoms with E-state index in [4.69, 9.17) is 10.00 Å². The second-order valence-corrected chi connectivity index (χ2v) is 8.51. The van der Waals surface area contributed by atoms with Crippen molar-refractivity contribution < 1.29 is 27.5 Å². The molecule has 3 amide bonds. The van der Waals surface area contributed by atoms with Crippen molar-refractivity contribution >= 4 is 17.6 Å². The number of likely N-dealkylation sites (tertiary alicyclic amines) is 1. The van der Waals surface area contributed by atoms with Gasteiger partial charge in [0.05, 0.1) is 23.8 Å². The average Bonchev–Trinajstić information content (AvgIpc) is 3.17. The molecule has 2 fully saturated rings. The van der Waals surface area contributed by atoms with Crippen molar-refractivity contribution in [1.29, 1.82) is 5.26 Å². The minimum atomic E-state index is -4.68. The third kappa shape index (κ3) is 5.33. The summed E-state index contributed by atoms with van der Waals surface area (Å²) in [6.45, 7) is 2.20. The van der Waals surface area contributed by atoms with Crippen LogP contribution in [0.3, 0.4) is 0 Å². The lowest BCUT2D eigenvalue weighted by Crippen LogP contribution is -2.48. The lowest BCUT2D eigenvalue weighted by atomic mass is 9.76. The fourth-order valence-corrected chi connectivity index (χ4v) is 4.69. The molecule has 11 heteroatoms. The first-order valence-electron chi connectivity index (χ1n) is 10.8. The maximum Gasteiger partial charge on any atom is 0.417 e. The number of piperidine rings is 1. The number of nitrogens with one attached hydrogen (secondary N) is 2. The first kappa shape index (κ1) is 24.6. The van der Waals surface area contributed by atoms with Crippen molar-refractivity contribution in [2.24, 2.45) is 5.41 Å². The van der Waals surface area contributed by atoms with E-state index < -0.39 is 23.3 Å². The molecule has 1 unspecified atom stereocenters. The Labute approximate surface area is 190 Å². The van der Waals surface area contributed by atoms with Gasteiger partial charge in [0.2, 0.25) is 5.91 Å². The van der Waals surface area contributed by atoms with Gasteiger partial charge in [0.25, 0.3) is 0 Å². The molecule has 1 atom stereocenters. The summed E-state index contributed by atoms with van der Waals surface area (Å²) < 4.78 is 45.4. The summed E-state index contributed by atoms with van der Waals surface area (Å²) in [5, 5.41) is 14.5. The Bertz CT molecular complexity index is 923. The van der Waals surface area contributed by atoms with Crippen LogP contribution in [-0.2, 0) is 15.7 Å². The molecule has 33 heavy (non-hydrogen) atoms. The number of anilines is 1. The maximum atomic E-state index is 13.5. The van der Waals surface area contributed by atoms with E-state index >= 15 is 0 Å². The van der Waals surface area contributed by atoms with E-state index in [0.29, 0.717) is 52.0 Å². The fourth-order valence-electron chi connectivity index (χ4n) is 4.69. The summed E-state index contributed by atoms with van der Waals surface area (Å²) in [5.41, 5.74) is -1.51. The van der Waals surface area contributed by atoms with Gasteiger partial charge in [-0.25, -0.2) is 4.79 Å². The molecule has 2 aliphatic rings. The molecule has 0 bridgehead atoms. The zero-order valence-corrected chi connectivity index (χ0v) is 18.7. The number of methoxy groups -OCH3 is 1. The number of carbonyl (C=O) groups excluding carboxylic acids is 2.